The number of benzene rings is 1. The number of aryl methyl sites for hydroxylation is 1. The number of morpholine rings is 1. The molecule has 1 aromatic rings. The van der Waals surface area contributed by atoms with E-state index >= 15 is 0 Å². The molecular formula is C16H24N2O4S. The van der Waals surface area contributed by atoms with Crippen molar-refractivity contribution in [1.82, 2.24) is 4.90 Å². The van der Waals surface area contributed by atoms with Gasteiger partial charge in [-0.1, -0.05) is 12.1 Å². The van der Waals surface area contributed by atoms with Gasteiger partial charge in [0.1, 0.15) is 0 Å². The van der Waals surface area contributed by atoms with E-state index < -0.39 is 16.1 Å². The predicted molar refractivity (Wildman–Crippen MR) is 89.2 cm³/mol. The number of hydrogen-bond acceptors (Lipinski definition) is 5. The van der Waals surface area contributed by atoms with Gasteiger partial charge in [-0.25, -0.2) is 8.42 Å². The van der Waals surface area contributed by atoms with Crippen LogP contribution < -0.4 is 4.31 Å². The molecule has 7 heteroatoms. The number of aliphatic hydroxyl groups excluding tert-OH is 1. The predicted octanol–water partition coefficient (Wildman–Crippen LogP) is 0.764. The first kappa shape index (κ1) is 16.7. The Morgan fingerprint density at radius 3 is 2.70 bits per heavy atom. The number of nitrogens with zero attached hydrogens (tertiary/aromatic N) is 2. The number of β-amino-alcohol motifs (C(OH)–C–C–N with tert-alkyl or cyclic N) is 1. The largest absolute Gasteiger partial charge is 0.387 e. The molecule has 6 nitrogen and oxygen atoms in total. The van der Waals surface area contributed by atoms with Crippen molar-refractivity contribution in [3.8, 4) is 0 Å². The van der Waals surface area contributed by atoms with Gasteiger partial charge >= 0.3 is 0 Å². The second-order valence-corrected chi connectivity index (χ2v) is 8.16. The van der Waals surface area contributed by atoms with E-state index in [4.69, 9.17) is 4.74 Å². The number of rotatable bonds is 4. The maximum atomic E-state index is 11.9. The summed E-state index contributed by atoms with van der Waals surface area (Å²) < 4.78 is 30.6. The lowest BCUT2D eigenvalue weighted by Gasteiger charge is -2.31. The van der Waals surface area contributed by atoms with Crippen LogP contribution in [0.2, 0.25) is 0 Å². The molecule has 0 aliphatic carbocycles. The first-order valence-electron chi connectivity index (χ1n) is 8.04. The Bertz CT molecular complexity index is 656. The zero-order valence-corrected chi connectivity index (χ0v) is 14.3. The highest BCUT2D eigenvalue weighted by molar-refractivity contribution is 7.92. The molecule has 3 rings (SSSR count). The molecule has 1 unspecified atom stereocenters. The second-order valence-electron chi connectivity index (χ2n) is 6.26. The highest BCUT2D eigenvalue weighted by Gasteiger charge is 2.25. The molecule has 2 heterocycles. The van der Waals surface area contributed by atoms with E-state index in [2.05, 4.69) is 4.90 Å². The Hall–Kier alpha value is -1.15. The van der Waals surface area contributed by atoms with E-state index in [1.54, 1.807) is 0 Å². The minimum atomic E-state index is -3.25. The van der Waals surface area contributed by atoms with Gasteiger partial charge in [0.2, 0.25) is 10.0 Å². The van der Waals surface area contributed by atoms with Crippen molar-refractivity contribution in [3.05, 3.63) is 29.3 Å². The molecule has 0 aromatic heterocycles. The van der Waals surface area contributed by atoms with Crippen molar-refractivity contribution in [1.29, 1.82) is 0 Å². The smallest absolute Gasteiger partial charge is 0.232 e. The van der Waals surface area contributed by atoms with Gasteiger partial charge < -0.3 is 9.84 Å². The molecule has 2 aliphatic heterocycles. The van der Waals surface area contributed by atoms with Crippen LogP contribution in [-0.2, 0) is 21.2 Å². The summed E-state index contributed by atoms with van der Waals surface area (Å²) >= 11 is 0. The lowest BCUT2D eigenvalue weighted by atomic mass is 9.98. The van der Waals surface area contributed by atoms with Crippen molar-refractivity contribution in [2.45, 2.75) is 18.9 Å². The molecule has 1 fully saturated rings. The Morgan fingerprint density at radius 2 is 2.00 bits per heavy atom. The third-order valence-corrected chi connectivity index (χ3v) is 5.68. The highest BCUT2D eigenvalue weighted by Crippen LogP contribution is 2.31. The van der Waals surface area contributed by atoms with Crippen molar-refractivity contribution in [2.75, 3.05) is 50.0 Å². The SMILES string of the molecule is CS(=O)(=O)N1CCCc2cc(C(O)CN3CCOCC3)ccc21. The molecule has 1 saturated heterocycles. The van der Waals surface area contributed by atoms with Crippen LogP contribution >= 0.6 is 0 Å². The summed E-state index contributed by atoms with van der Waals surface area (Å²) in [4.78, 5) is 2.19. The molecule has 1 N–H and O–H groups in total. The quantitative estimate of drug-likeness (QED) is 0.876. The topological polar surface area (TPSA) is 70.1 Å². The number of fused-ring (bicyclic) bond motifs is 1. The van der Waals surface area contributed by atoms with Crippen LogP contribution in [0.4, 0.5) is 5.69 Å². The number of anilines is 1. The maximum Gasteiger partial charge on any atom is 0.232 e. The lowest BCUT2D eigenvalue weighted by Crippen LogP contribution is -2.39. The standard InChI is InChI=1S/C16H24N2O4S/c1-23(20,21)18-6-2-3-13-11-14(4-5-15(13)18)16(19)12-17-7-9-22-10-8-17/h4-5,11,16,19H,2-3,6-10,12H2,1H3. The van der Waals surface area contributed by atoms with Crippen LogP contribution in [0.3, 0.4) is 0 Å². The van der Waals surface area contributed by atoms with Crippen LogP contribution in [0.25, 0.3) is 0 Å². The first-order chi connectivity index (χ1) is 10.9. The Morgan fingerprint density at radius 1 is 1.26 bits per heavy atom. The van der Waals surface area contributed by atoms with Crippen molar-refractivity contribution < 1.29 is 18.3 Å². The number of hydrogen-bond donors (Lipinski definition) is 1. The second kappa shape index (κ2) is 6.76. The van der Waals surface area contributed by atoms with Crippen LogP contribution in [0.5, 0.6) is 0 Å². The molecule has 0 spiro atoms. The van der Waals surface area contributed by atoms with E-state index in [1.807, 2.05) is 18.2 Å². The fourth-order valence-electron chi connectivity index (χ4n) is 3.27. The summed E-state index contributed by atoms with van der Waals surface area (Å²) in [7, 11) is -3.25. The summed E-state index contributed by atoms with van der Waals surface area (Å²) in [5.74, 6) is 0. The van der Waals surface area contributed by atoms with Crippen molar-refractivity contribution >= 4 is 15.7 Å². The molecule has 1 aromatic carbocycles. The Labute approximate surface area is 137 Å². The third kappa shape index (κ3) is 3.85. The summed E-state index contributed by atoms with van der Waals surface area (Å²) in [5, 5.41) is 10.5. The first-order valence-corrected chi connectivity index (χ1v) is 9.89. The molecule has 23 heavy (non-hydrogen) atoms. The van der Waals surface area contributed by atoms with Gasteiger partial charge in [-0.15, -0.1) is 0 Å². The van der Waals surface area contributed by atoms with Crippen LogP contribution in [0.15, 0.2) is 18.2 Å². The fourth-order valence-corrected chi connectivity index (χ4v) is 4.26. The van der Waals surface area contributed by atoms with Gasteiger partial charge in [-0.05, 0) is 30.0 Å². The fraction of sp³-hybridized carbons (Fsp3) is 0.625. The number of aliphatic hydroxyl groups is 1. The van der Waals surface area contributed by atoms with Crippen LogP contribution in [0.1, 0.15) is 23.7 Å². The summed E-state index contributed by atoms with van der Waals surface area (Å²) in [6, 6.07) is 5.62. The molecule has 0 amide bonds. The minimum Gasteiger partial charge on any atom is -0.387 e. The number of ether oxygens (including phenoxy) is 1. The molecule has 0 bridgehead atoms. The van der Waals surface area contributed by atoms with Gasteiger partial charge in [0.15, 0.2) is 0 Å². The maximum absolute atomic E-state index is 11.9. The highest BCUT2D eigenvalue weighted by atomic mass is 32.2. The third-order valence-electron chi connectivity index (χ3n) is 4.50. The monoisotopic (exact) mass is 340 g/mol. The van der Waals surface area contributed by atoms with E-state index in [1.165, 1.54) is 10.6 Å². The van der Waals surface area contributed by atoms with Gasteiger partial charge in [0.25, 0.3) is 0 Å². The van der Waals surface area contributed by atoms with Crippen molar-refractivity contribution in [3.63, 3.8) is 0 Å². The summed E-state index contributed by atoms with van der Waals surface area (Å²) in [6.07, 6.45) is 2.33. The van der Waals surface area contributed by atoms with Crippen molar-refractivity contribution in [2.24, 2.45) is 0 Å². The van der Waals surface area contributed by atoms with E-state index in [-0.39, 0.29) is 0 Å². The average molecular weight is 340 g/mol. The molecule has 128 valence electrons. The molecule has 0 saturated carbocycles. The summed E-state index contributed by atoms with van der Waals surface area (Å²) in [5.41, 5.74) is 2.60. The van der Waals surface area contributed by atoms with Gasteiger partial charge in [-0.3, -0.25) is 9.21 Å². The van der Waals surface area contributed by atoms with Gasteiger partial charge in [0.05, 0.1) is 31.3 Å². The van der Waals surface area contributed by atoms with E-state index in [9.17, 15) is 13.5 Å². The van der Waals surface area contributed by atoms with Crippen LogP contribution in [0, 0.1) is 0 Å². The average Bonchev–Trinajstić information content (AvgIpc) is 2.53. The van der Waals surface area contributed by atoms with Gasteiger partial charge in [-0.2, -0.15) is 0 Å². The Kier molecular flexibility index (Phi) is 4.91. The summed E-state index contributed by atoms with van der Waals surface area (Å²) in [6.45, 7) is 4.20. The zero-order chi connectivity index (χ0) is 16.4. The molecular weight excluding hydrogens is 316 g/mol. The van der Waals surface area contributed by atoms with Crippen LogP contribution in [-0.4, -0.2) is 64.1 Å². The molecule has 1 atom stereocenters. The van der Waals surface area contributed by atoms with Gasteiger partial charge in [0, 0.05) is 26.2 Å². The van der Waals surface area contributed by atoms with E-state index in [0.717, 1.165) is 42.7 Å². The molecule has 0 radical (unpaired) electrons. The lowest BCUT2D eigenvalue weighted by molar-refractivity contribution is 0.0143. The number of sulfonamides is 1. The Balaban J connectivity index is 1.77. The zero-order valence-electron chi connectivity index (χ0n) is 13.4. The normalized spacial score (nSPS) is 21.0. The van der Waals surface area contributed by atoms with E-state index in [0.29, 0.717) is 26.3 Å². The minimum absolute atomic E-state index is 0.529. The molecule has 2 aliphatic rings.